The van der Waals surface area contributed by atoms with Crippen molar-refractivity contribution in [3.05, 3.63) is 29.3 Å². The van der Waals surface area contributed by atoms with Crippen molar-refractivity contribution in [1.82, 2.24) is 4.90 Å². The largest absolute Gasteiger partial charge is 0.373 e. The molecule has 2 aliphatic carbocycles. The normalized spacial score (nSPS) is 43.7. The van der Waals surface area contributed by atoms with Gasteiger partial charge in [0.2, 0.25) is 0 Å². The number of hydrogen-bond donors (Lipinski definition) is 1. The number of aliphatic hydroxyl groups is 1. The van der Waals surface area contributed by atoms with E-state index in [9.17, 15) is 5.11 Å². The minimum Gasteiger partial charge on any atom is -0.373 e. The summed E-state index contributed by atoms with van der Waals surface area (Å²) < 4.78 is 0. The van der Waals surface area contributed by atoms with E-state index < -0.39 is 0 Å². The van der Waals surface area contributed by atoms with E-state index in [1.807, 2.05) is 0 Å². The number of piperidine rings is 3. The Labute approximate surface area is 163 Å². The summed E-state index contributed by atoms with van der Waals surface area (Å²) in [5, 5.41) is 11.7. The fourth-order valence-corrected chi connectivity index (χ4v) is 8.15. The van der Waals surface area contributed by atoms with E-state index in [4.69, 9.17) is 0 Å². The molecule has 1 aromatic rings. The first-order valence-electron chi connectivity index (χ1n) is 11.4. The highest BCUT2D eigenvalue weighted by molar-refractivity contribution is 5.66. The number of benzene rings is 1. The molecule has 1 N–H and O–H groups in total. The Morgan fingerprint density at radius 3 is 2.70 bits per heavy atom. The number of anilines is 1. The van der Waals surface area contributed by atoms with Crippen molar-refractivity contribution in [2.45, 2.75) is 82.5 Å². The second-order valence-electron chi connectivity index (χ2n) is 10.5. The fourth-order valence-electron chi connectivity index (χ4n) is 8.15. The number of likely N-dealkylation sites (N-methyl/N-ethyl adjacent to an activating group) is 1. The maximum Gasteiger partial charge on any atom is 0.130 e. The van der Waals surface area contributed by atoms with Crippen LogP contribution >= 0.6 is 0 Å². The van der Waals surface area contributed by atoms with E-state index in [2.05, 4.69) is 42.0 Å². The highest BCUT2D eigenvalue weighted by atomic mass is 16.3. The molecule has 27 heavy (non-hydrogen) atoms. The van der Waals surface area contributed by atoms with E-state index in [-0.39, 0.29) is 6.23 Å². The molecular weight excluding hydrogens is 332 g/mol. The first-order chi connectivity index (χ1) is 13.1. The minimum absolute atomic E-state index is 0.278. The van der Waals surface area contributed by atoms with E-state index in [0.29, 0.717) is 29.3 Å². The molecule has 0 amide bonds. The highest BCUT2D eigenvalue weighted by Gasteiger charge is 2.65. The Bertz CT molecular complexity index is 757. The van der Waals surface area contributed by atoms with Crippen LogP contribution < -0.4 is 4.90 Å². The van der Waals surface area contributed by atoms with E-state index in [0.717, 1.165) is 5.92 Å². The van der Waals surface area contributed by atoms with Gasteiger partial charge in [-0.1, -0.05) is 49.8 Å². The molecule has 3 nitrogen and oxygen atoms in total. The minimum atomic E-state index is -0.278. The zero-order valence-electron chi connectivity index (χ0n) is 16.9. The van der Waals surface area contributed by atoms with Crippen molar-refractivity contribution in [2.24, 2.45) is 17.3 Å². The molecule has 3 saturated heterocycles. The highest BCUT2D eigenvalue weighted by Crippen LogP contribution is 2.65. The molecule has 4 aliphatic heterocycles. The summed E-state index contributed by atoms with van der Waals surface area (Å²) in [5.74, 6) is 1.77. The van der Waals surface area contributed by atoms with Gasteiger partial charge in [-0.05, 0) is 50.8 Å². The van der Waals surface area contributed by atoms with Gasteiger partial charge in [0.1, 0.15) is 6.23 Å². The van der Waals surface area contributed by atoms with Gasteiger partial charge in [-0.25, -0.2) is 0 Å². The van der Waals surface area contributed by atoms with Crippen molar-refractivity contribution >= 4 is 5.69 Å². The lowest BCUT2D eigenvalue weighted by atomic mass is 9.53. The van der Waals surface area contributed by atoms with Gasteiger partial charge in [-0.15, -0.1) is 0 Å². The fraction of sp³-hybridized carbons (Fsp3) is 0.750. The second-order valence-corrected chi connectivity index (χ2v) is 10.5. The van der Waals surface area contributed by atoms with Crippen molar-refractivity contribution < 1.29 is 5.11 Å². The third kappa shape index (κ3) is 2.16. The molecule has 4 heterocycles. The SMILES string of the molecule is Cc1ccc2c(c1)C1C3CCC4(CC(C5CCCCC5)C(O)N2C14)CN3C. The molecule has 2 saturated carbocycles. The van der Waals surface area contributed by atoms with Crippen LogP contribution in [-0.2, 0) is 0 Å². The molecule has 5 fully saturated rings. The monoisotopic (exact) mass is 366 g/mol. The number of aryl methyl sites for hydroxylation is 1. The zero-order chi connectivity index (χ0) is 18.3. The van der Waals surface area contributed by atoms with Gasteiger partial charge in [0.05, 0.1) is 0 Å². The summed E-state index contributed by atoms with van der Waals surface area (Å²) in [4.78, 5) is 5.21. The average Bonchev–Trinajstić information content (AvgIpc) is 3.02. The molecule has 6 atom stereocenters. The first kappa shape index (κ1) is 16.9. The lowest BCUT2D eigenvalue weighted by Crippen LogP contribution is -2.71. The Kier molecular flexibility index (Phi) is 3.58. The molecule has 6 aliphatic rings. The summed E-state index contributed by atoms with van der Waals surface area (Å²) in [5.41, 5.74) is 4.63. The van der Waals surface area contributed by atoms with Gasteiger partial charge in [0, 0.05) is 41.6 Å². The van der Waals surface area contributed by atoms with Crippen LogP contribution in [0, 0.1) is 24.2 Å². The summed E-state index contributed by atoms with van der Waals surface area (Å²) in [6.45, 7) is 3.46. The van der Waals surface area contributed by atoms with Crippen LogP contribution in [0.15, 0.2) is 18.2 Å². The Morgan fingerprint density at radius 2 is 1.93 bits per heavy atom. The first-order valence-corrected chi connectivity index (χ1v) is 11.4. The summed E-state index contributed by atoms with van der Waals surface area (Å²) in [7, 11) is 2.36. The van der Waals surface area contributed by atoms with Crippen LogP contribution in [-0.4, -0.2) is 41.9 Å². The maximum atomic E-state index is 11.7. The van der Waals surface area contributed by atoms with Crippen molar-refractivity contribution in [3.8, 4) is 0 Å². The number of aliphatic hydroxyl groups excluding tert-OH is 1. The predicted octanol–water partition coefficient (Wildman–Crippen LogP) is 4.28. The predicted molar refractivity (Wildman–Crippen MR) is 109 cm³/mol. The number of hydrogen-bond acceptors (Lipinski definition) is 3. The van der Waals surface area contributed by atoms with Gasteiger partial charge >= 0.3 is 0 Å². The van der Waals surface area contributed by atoms with Crippen LogP contribution in [0.1, 0.15) is 68.4 Å². The molecule has 1 spiro atoms. The van der Waals surface area contributed by atoms with Crippen LogP contribution in [0.25, 0.3) is 0 Å². The Hall–Kier alpha value is -1.06. The van der Waals surface area contributed by atoms with E-state index >= 15 is 0 Å². The van der Waals surface area contributed by atoms with Gasteiger partial charge in [-0.2, -0.15) is 0 Å². The van der Waals surface area contributed by atoms with E-state index in [1.165, 1.54) is 74.7 Å². The number of fused-ring (bicyclic) bond motifs is 4. The molecule has 2 bridgehead atoms. The van der Waals surface area contributed by atoms with E-state index in [1.54, 1.807) is 0 Å². The molecule has 1 aromatic carbocycles. The molecule has 3 heteroatoms. The summed E-state index contributed by atoms with van der Waals surface area (Å²) in [6.07, 6.45) is 10.5. The van der Waals surface area contributed by atoms with Gasteiger partial charge in [0.15, 0.2) is 0 Å². The van der Waals surface area contributed by atoms with Crippen LogP contribution in [0.5, 0.6) is 0 Å². The average molecular weight is 367 g/mol. The standard InChI is InChI=1S/C24H34N2O/c1-15-8-9-19-17(12-15)21-20-10-11-24(14-25(20)2)13-18(16-6-4-3-5-7-16)23(27)26(19)22(21)24/h8-9,12,16,18,20-23,27H,3-7,10-11,13-14H2,1-2H3. The second kappa shape index (κ2) is 5.73. The van der Waals surface area contributed by atoms with Gasteiger partial charge in [0.25, 0.3) is 0 Å². The molecule has 0 aromatic heterocycles. The quantitative estimate of drug-likeness (QED) is 0.804. The lowest BCUT2D eigenvalue weighted by Gasteiger charge is -2.65. The molecule has 0 radical (unpaired) electrons. The van der Waals surface area contributed by atoms with Gasteiger partial charge < -0.3 is 14.9 Å². The Balaban J connectivity index is 1.49. The van der Waals surface area contributed by atoms with Crippen LogP contribution in [0.3, 0.4) is 0 Å². The Morgan fingerprint density at radius 1 is 1.11 bits per heavy atom. The van der Waals surface area contributed by atoms with Gasteiger partial charge in [-0.3, -0.25) is 0 Å². The smallest absolute Gasteiger partial charge is 0.130 e. The molecule has 146 valence electrons. The topological polar surface area (TPSA) is 26.7 Å². The van der Waals surface area contributed by atoms with Crippen molar-refractivity contribution in [2.75, 3.05) is 18.5 Å². The van der Waals surface area contributed by atoms with Crippen molar-refractivity contribution in [1.29, 1.82) is 0 Å². The van der Waals surface area contributed by atoms with Crippen LogP contribution in [0.2, 0.25) is 0 Å². The zero-order valence-corrected chi connectivity index (χ0v) is 16.9. The maximum absolute atomic E-state index is 11.7. The third-order valence-electron chi connectivity index (χ3n) is 9.14. The molecule has 6 unspecified atom stereocenters. The summed E-state index contributed by atoms with van der Waals surface area (Å²) in [6, 6.07) is 8.19. The third-order valence-corrected chi connectivity index (χ3v) is 9.14. The number of rotatable bonds is 1. The van der Waals surface area contributed by atoms with Crippen molar-refractivity contribution in [3.63, 3.8) is 0 Å². The molecular formula is C24H34N2O. The lowest BCUT2D eigenvalue weighted by molar-refractivity contribution is -0.112. The summed E-state index contributed by atoms with van der Waals surface area (Å²) >= 11 is 0. The van der Waals surface area contributed by atoms with Crippen LogP contribution in [0.4, 0.5) is 5.69 Å². The molecule has 7 rings (SSSR count). The number of nitrogens with zero attached hydrogens (tertiary/aromatic N) is 2.